The van der Waals surface area contributed by atoms with Gasteiger partial charge in [-0.1, -0.05) is 62.7 Å². The first-order valence-electron chi connectivity index (χ1n) is 7.46. The first-order valence-corrected chi connectivity index (χ1v) is 7.84. The van der Waals surface area contributed by atoms with Gasteiger partial charge in [0.15, 0.2) is 0 Å². The van der Waals surface area contributed by atoms with Gasteiger partial charge in [0.1, 0.15) is 5.15 Å². The van der Waals surface area contributed by atoms with Crippen LogP contribution in [0.1, 0.15) is 26.3 Å². The number of hydrogen-bond donors (Lipinski definition) is 2. The van der Waals surface area contributed by atoms with Crippen LogP contribution in [-0.4, -0.2) is 27.5 Å². The van der Waals surface area contributed by atoms with Gasteiger partial charge in [-0.2, -0.15) is 5.10 Å². The Hall–Kier alpha value is -1.36. The molecule has 2 aromatic rings. The molecule has 0 saturated heterocycles. The van der Waals surface area contributed by atoms with Gasteiger partial charge in [0, 0.05) is 31.3 Å². The molecule has 120 valence electrons. The van der Waals surface area contributed by atoms with E-state index in [2.05, 4.69) is 10.4 Å². The third-order valence-corrected chi connectivity index (χ3v) is 4.23. The second-order valence-electron chi connectivity index (χ2n) is 6.62. The highest BCUT2D eigenvalue weighted by molar-refractivity contribution is 6.30. The van der Waals surface area contributed by atoms with Crippen molar-refractivity contribution in [2.75, 3.05) is 6.54 Å². The number of rotatable bonds is 5. The molecule has 0 aliphatic rings. The molecular formula is C17H24ClN3O. The Morgan fingerprint density at radius 1 is 1.27 bits per heavy atom. The maximum Gasteiger partial charge on any atom is 0.131 e. The van der Waals surface area contributed by atoms with Gasteiger partial charge in [0.25, 0.3) is 0 Å². The van der Waals surface area contributed by atoms with Crippen molar-refractivity contribution in [3.8, 4) is 11.3 Å². The maximum atomic E-state index is 10.1. The number of nitrogens with one attached hydrogen (secondary N) is 1. The lowest BCUT2D eigenvalue weighted by molar-refractivity contribution is 0.0628. The molecule has 1 aromatic carbocycles. The summed E-state index contributed by atoms with van der Waals surface area (Å²) < 4.78 is 1.68. The molecule has 1 unspecified atom stereocenters. The minimum Gasteiger partial charge on any atom is -0.391 e. The maximum absolute atomic E-state index is 10.1. The predicted molar refractivity (Wildman–Crippen MR) is 90.8 cm³/mol. The zero-order chi connectivity index (χ0) is 16.3. The quantitative estimate of drug-likeness (QED) is 0.889. The fourth-order valence-corrected chi connectivity index (χ4v) is 2.37. The van der Waals surface area contributed by atoms with Gasteiger partial charge >= 0.3 is 0 Å². The minimum atomic E-state index is -0.414. The lowest BCUT2D eigenvalue weighted by Crippen LogP contribution is -2.36. The Balaban J connectivity index is 2.14. The van der Waals surface area contributed by atoms with Crippen LogP contribution in [0.4, 0.5) is 0 Å². The van der Waals surface area contributed by atoms with E-state index in [0.29, 0.717) is 18.2 Å². The number of aryl methyl sites for hydroxylation is 1. The molecule has 4 nitrogen and oxygen atoms in total. The van der Waals surface area contributed by atoms with Crippen molar-refractivity contribution in [3.05, 3.63) is 41.0 Å². The highest BCUT2D eigenvalue weighted by Crippen LogP contribution is 2.28. The molecule has 0 saturated carbocycles. The third kappa shape index (κ3) is 3.88. The lowest BCUT2D eigenvalue weighted by Gasteiger charge is -2.26. The standard InChI is InChI=1S/C17H24ClN3O/c1-17(2,3)14(22)11-19-10-13-15(20-21(4)16(13)18)12-8-6-5-7-9-12/h5-9,14,19,22H,10-11H2,1-4H3. The number of aliphatic hydroxyl groups is 1. The van der Waals surface area contributed by atoms with E-state index in [1.807, 2.05) is 58.2 Å². The summed E-state index contributed by atoms with van der Waals surface area (Å²) in [6.07, 6.45) is -0.414. The molecule has 2 rings (SSSR count). The first-order chi connectivity index (χ1) is 10.3. The Bertz CT molecular complexity index is 617. The molecular weight excluding hydrogens is 298 g/mol. The predicted octanol–water partition coefficient (Wildman–Crippen LogP) is 3.24. The van der Waals surface area contributed by atoms with Gasteiger partial charge < -0.3 is 10.4 Å². The second-order valence-corrected chi connectivity index (χ2v) is 6.98. The number of halogens is 1. The van der Waals surface area contributed by atoms with Crippen LogP contribution in [0.25, 0.3) is 11.3 Å². The van der Waals surface area contributed by atoms with Crippen LogP contribution in [0.3, 0.4) is 0 Å². The Morgan fingerprint density at radius 3 is 2.50 bits per heavy atom. The van der Waals surface area contributed by atoms with E-state index < -0.39 is 6.10 Å². The third-order valence-electron chi connectivity index (χ3n) is 3.76. The molecule has 1 heterocycles. The number of benzene rings is 1. The highest BCUT2D eigenvalue weighted by atomic mass is 35.5. The molecule has 0 radical (unpaired) electrons. The van der Waals surface area contributed by atoms with Crippen molar-refractivity contribution in [1.29, 1.82) is 0 Å². The fraction of sp³-hybridized carbons (Fsp3) is 0.471. The SMILES string of the molecule is Cn1nc(-c2ccccc2)c(CNCC(O)C(C)(C)C)c1Cl. The molecule has 0 fully saturated rings. The summed E-state index contributed by atoms with van der Waals surface area (Å²) >= 11 is 6.37. The van der Waals surface area contributed by atoms with Gasteiger partial charge in [-0.3, -0.25) is 4.68 Å². The Kier molecular flexibility index (Phi) is 5.27. The molecule has 1 atom stereocenters. The van der Waals surface area contributed by atoms with Crippen LogP contribution in [-0.2, 0) is 13.6 Å². The van der Waals surface area contributed by atoms with E-state index >= 15 is 0 Å². The largest absolute Gasteiger partial charge is 0.391 e. The van der Waals surface area contributed by atoms with Gasteiger partial charge in [-0.25, -0.2) is 0 Å². The molecule has 1 aromatic heterocycles. The van der Waals surface area contributed by atoms with Crippen molar-refractivity contribution in [3.63, 3.8) is 0 Å². The van der Waals surface area contributed by atoms with E-state index in [0.717, 1.165) is 16.8 Å². The van der Waals surface area contributed by atoms with E-state index in [9.17, 15) is 5.11 Å². The highest BCUT2D eigenvalue weighted by Gasteiger charge is 2.22. The summed E-state index contributed by atoms with van der Waals surface area (Å²) in [4.78, 5) is 0. The first kappa shape index (κ1) is 17.0. The summed E-state index contributed by atoms with van der Waals surface area (Å²) in [6, 6.07) is 9.99. The van der Waals surface area contributed by atoms with Gasteiger partial charge in [-0.05, 0) is 5.41 Å². The normalized spacial score (nSPS) is 13.4. The molecule has 2 N–H and O–H groups in total. The van der Waals surface area contributed by atoms with Crippen LogP contribution in [0.2, 0.25) is 5.15 Å². The zero-order valence-corrected chi connectivity index (χ0v) is 14.4. The number of hydrogen-bond acceptors (Lipinski definition) is 3. The van der Waals surface area contributed by atoms with Gasteiger partial charge in [0.05, 0.1) is 11.8 Å². The van der Waals surface area contributed by atoms with Gasteiger partial charge in [-0.15, -0.1) is 0 Å². The molecule has 0 aliphatic carbocycles. The van der Waals surface area contributed by atoms with Crippen molar-refractivity contribution in [2.24, 2.45) is 12.5 Å². The van der Waals surface area contributed by atoms with Crippen molar-refractivity contribution in [2.45, 2.75) is 33.4 Å². The summed E-state index contributed by atoms with van der Waals surface area (Å²) in [6.45, 7) is 7.15. The lowest BCUT2D eigenvalue weighted by atomic mass is 9.89. The molecule has 0 bridgehead atoms. The monoisotopic (exact) mass is 321 g/mol. The molecule has 22 heavy (non-hydrogen) atoms. The average Bonchev–Trinajstić information content (AvgIpc) is 2.75. The summed E-state index contributed by atoms with van der Waals surface area (Å²) in [5, 5.41) is 18.5. The van der Waals surface area contributed by atoms with Crippen LogP contribution < -0.4 is 5.32 Å². The van der Waals surface area contributed by atoms with E-state index in [-0.39, 0.29) is 5.41 Å². The summed E-state index contributed by atoms with van der Waals surface area (Å²) in [5.74, 6) is 0. The average molecular weight is 322 g/mol. The van der Waals surface area contributed by atoms with E-state index in [1.165, 1.54) is 0 Å². The van der Waals surface area contributed by atoms with Crippen LogP contribution >= 0.6 is 11.6 Å². The minimum absolute atomic E-state index is 0.145. The second kappa shape index (κ2) is 6.82. The topological polar surface area (TPSA) is 50.1 Å². The van der Waals surface area contributed by atoms with E-state index in [4.69, 9.17) is 11.6 Å². The number of nitrogens with zero attached hydrogens (tertiary/aromatic N) is 2. The van der Waals surface area contributed by atoms with E-state index in [1.54, 1.807) is 4.68 Å². The van der Waals surface area contributed by atoms with Crippen molar-refractivity contribution in [1.82, 2.24) is 15.1 Å². The van der Waals surface area contributed by atoms with Crippen molar-refractivity contribution >= 4 is 11.6 Å². The molecule has 0 aliphatic heterocycles. The van der Waals surface area contributed by atoms with Crippen LogP contribution in [0.5, 0.6) is 0 Å². The van der Waals surface area contributed by atoms with Crippen LogP contribution in [0.15, 0.2) is 30.3 Å². The van der Waals surface area contributed by atoms with Gasteiger partial charge in [0.2, 0.25) is 0 Å². The smallest absolute Gasteiger partial charge is 0.131 e. The molecule has 0 amide bonds. The Labute approximate surface area is 137 Å². The number of aromatic nitrogens is 2. The zero-order valence-electron chi connectivity index (χ0n) is 13.6. The summed E-state index contributed by atoms with van der Waals surface area (Å²) in [7, 11) is 1.84. The number of aliphatic hydroxyl groups excluding tert-OH is 1. The summed E-state index contributed by atoms with van der Waals surface area (Å²) in [5.41, 5.74) is 2.73. The van der Waals surface area contributed by atoms with Crippen LogP contribution in [0, 0.1) is 5.41 Å². The molecule has 5 heteroatoms. The fourth-order valence-electron chi connectivity index (χ4n) is 2.17. The Morgan fingerprint density at radius 2 is 1.91 bits per heavy atom. The van der Waals surface area contributed by atoms with Crippen molar-refractivity contribution < 1.29 is 5.11 Å². The molecule has 0 spiro atoms.